The van der Waals surface area contributed by atoms with Crippen LogP contribution in [0.4, 0.5) is 0 Å². The van der Waals surface area contributed by atoms with Gasteiger partial charge in [0.05, 0.1) is 13.2 Å². The third kappa shape index (κ3) is 17.9. The summed E-state index contributed by atoms with van der Waals surface area (Å²) in [7, 11) is 0. The maximum atomic E-state index is 14.0. The van der Waals surface area contributed by atoms with E-state index in [0.29, 0.717) is 96.8 Å². The minimum Gasteiger partial charge on any atom is -0.394 e. The van der Waals surface area contributed by atoms with E-state index in [0.717, 1.165) is 0 Å². The summed E-state index contributed by atoms with van der Waals surface area (Å²) < 4.78 is 0. The van der Waals surface area contributed by atoms with Crippen LogP contribution in [-0.2, 0) is 38.4 Å². The lowest BCUT2D eigenvalue weighted by Crippen LogP contribution is -2.60. The molecule has 360 valence electrons. The van der Waals surface area contributed by atoms with E-state index in [1.807, 2.05) is 0 Å². The lowest BCUT2D eigenvalue weighted by molar-refractivity contribution is -0.143. The predicted molar refractivity (Wildman–Crippen MR) is 232 cm³/mol. The molecule has 2 heterocycles. The van der Waals surface area contributed by atoms with Crippen LogP contribution in [0.3, 0.4) is 0 Å². The van der Waals surface area contributed by atoms with Crippen LogP contribution in [0.2, 0.25) is 0 Å². The summed E-state index contributed by atoms with van der Waals surface area (Å²) in [5.74, 6) is -5.49. The van der Waals surface area contributed by atoms with E-state index in [-0.39, 0.29) is 45.2 Å². The number of aliphatic hydroxyl groups is 2. The van der Waals surface area contributed by atoms with Crippen LogP contribution < -0.4 is 61.0 Å². The molecule has 0 aliphatic carbocycles. The molecule has 2 rings (SSSR count). The lowest BCUT2D eigenvalue weighted by atomic mass is 10.0. The quantitative estimate of drug-likeness (QED) is 0.0289. The van der Waals surface area contributed by atoms with Gasteiger partial charge in [0, 0.05) is 13.1 Å². The predicted octanol–water partition coefficient (Wildman–Crippen LogP) is -5.29. The number of amides is 8. The molecule has 8 amide bonds. The Hall–Kier alpha value is -4.52. The average molecular weight is 898 g/mol. The Morgan fingerprint density at radius 2 is 0.841 bits per heavy atom. The zero-order valence-corrected chi connectivity index (χ0v) is 36.6. The van der Waals surface area contributed by atoms with Gasteiger partial charge in [0.1, 0.15) is 48.3 Å². The number of hydrogen-bond acceptors (Lipinski definition) is 15. The number of nitrogens with zero attached hydrogens (tertiary/aromatic N) is 2. The van der Waals surface area contributed by atoms with Gasteiger partial charge < -0.3 is 81.0 Å². The summed E-state index contributed by atoms with van der Waals surface area (Å²) in [5, 5.41) is 33.1. The molecule has 0 aromatic rings. The van der Waals surface area contributed by atoms with Crippen LogP contribution in [0.15, 0.2) is 0 Å². The maximum absolute atomic E-state index is 14.0. The molecule has 0 spiro atoms. The second-order valence-electron chi connectivity index (χ2n) is 16.2. The second-order valence-corrected chi connectivity index (χ2v) is 16.2. The topological polar surface area (TPSA) is 400 Å². The molecule has 0 aromatic heterocycles. The molecule has 0 aromatic carbocycles. The maximum Gasteiger partial charge on any atom is 0.248 e. The van der Waals surface area contributed by atoms with Crippen molar-refractivity contribution in [2.75, 3.05) is 52.5 Å². The zero-order chi connectivity index (χ0) is 46.9. The Morgan fingerprint density at radius 3 is 1.21 bits per heavy atom. The van der Waals surface area contributed by atoms with E-state index in [2.05, 4.69) is 26.6 Å². The van der Waals surface area contributed by atoms with Gasteiger partial charge in [-0.15, -0.1) is 0 Å². The first kappa shape index (κ1) is 54.6. The van der Waals surface area contributed by atoms with E-state index in [4.69, 9.17) is 34.4 Å². The summed E-state index contributed by atoms with van der Waals surface area (Å²) in [6.45, 7) is 0.255. The molecule has 23 heteroatoms. The van der Waals surface area contributed by atoms with Crippen LogP contribution in [0, 0.1) is 0 Å². The lowest BCUT2D eigenvalue weighted by Gasteiger charge is -2.30. The van der Waals surface area contributed by atoms with E-state index < -0.39 is 109 Å². The van der Waals surface area contributed by atoms with Crippen LogP contribution in [0.1, 0.15) is 103 Å². The zero-order valence-electron chi connectivity index (χ0n) is 36.6. The highest BCUT2D eigenvalue weighted by Gasteiger charge is 2.41. The Kier molecular flexibility index (Phi) is 25.8. The van der Waals surface area contributed by atoms with Crippen molar-refractivity contribution in [2.45, 2.75) is 151 Å². The van der Waals surface area contributed by atoms with Gasteiger partial charge in [-0.25, -0.2) is 0 Å². The van der Waals surface area contributed by atoms with Gasteiger partial charge in [-0.2, -0.15) is 0 Å². The Bertz CT molecular complexity index is 1490. The molecule has 23 nitrogen and oxygen atoms in total. The Morgan fingerprint density at radius 1 is 0.492 bits per heavy atom. The molecule has 8 atom stereocenters. The molecular formula is C40H75N13O10. The van der Waals surface area contributed by atoms with Crippen LogP contribution in [0.5, 0.6) is 0 Å². The minimum absolute atomic E-state index is 0.0838. The van der Waals surface area contributed by atoms with Crippen molar-refractivity contribution in [3.8, 4) is 0 Å². The molecule has 0 unspecified atom stereocenters. The SMILES string of the molecule is NCCCC[C@H](NC(=O)[C@H](CCCCN)NC(=O)[C@@H]1CCCN1C(=O)[C@H](CO)NC(=O)[C@H](CCCCN)NC(=O)[C@H](CCCCN)NC(=O)[C@@H]1CCCN1C(=O)[C@@H](N)CO)C(N)=O. The summed E-state index contributed by atoms with van der Waals surface area (Å²) >= 11 is 0. The molecule has 2 aliphatic heterocycles. The van der Waals surface area contributed by atoms with Gasteiger partial charge in [0.2, 0.25) is 47.3 Å². The number of primary amides is 1. The first-order valence-electron chi connectivity index (χ1n) is 22.4. The number of unbranched alkanes of at least 4 members (excludes halogenated alkanes) is 4. The molecule has 19 N–H and O–H groups in total. The normalized spacial score (nSPS) is 19.0. The smallest absolute Gasteiger partial charge is 0.248 e. The van der Waals surface area contributed by atoms with E-state index in [9.17, 15) is 48.6 Å². The Balaban J connectivity index is 2.24. The molecule has 0 radical (unpaired) electrons. The fourth-order valence-electron chi connectivity index (χ4n) is 7.70. The van der Waals surface area contributed by atoms with Crippen LogP contribution in [-0.4, -0.2) is 168 Å². The standard InChI is InChI=1S/C40H75N13O10/c41-17-5-1-11-26(33(46)56)47-34(57)28(13-3-7-19-43)49-38(61)32-16-10-22-53(32)40(63)30(24-55)51-36(59)27(12-2-6-18-42)48-35(58)29(14-4-8-20-44)50-37(60)31-15-9-21-52(31)39(62)25(45)23-54/h25-32,54-55H,1-24,41-45H2,(H2,46,56)(H,47,57)(H,48,58)(H,49,61)(H,50,60)(H,51,59)/t25-,26-,27-,28-,29-,30-,31-,32-/m0/s1. The molecule has 2 fully saturated rings. The largest absolute Gasteiger partial charge is 0.394 e. The first-order valence-corrected chi connectivity index (χ1v) is 22.4. The summed E-state index contributed by atoms with van der Waals surface area (Å²) in [4.78, 5) is 110. The van der Waals surface area contributed by atoms with Gasteiger partial charge in [-0.3, -0.25) is 38.4 Å². The third-order valence-corrected chi connectivity index (χ3v) is 11.3. The monoisotopic (exact) mass is 898 g/mol. The fraction of sp³-hybridized carbons (Fsp3) is 0.800. The van der Waals surface area contributed by atoms with Gasteiger partial charge in [0.25, 0.3) is 0 Å². The van der Waals surface area contributed by atoms with Crippen molar-refractivity contribution in [3.63, 3.8) is 0 Å². The van der Waals surface area contributed by atoms with Crippen molar-refractivity contribution in [3.05, 3.63) is 0 Å². The highest BCUT2D eigenvalue weighted by molar-refractivity contribution is 5.98. The molecule has 63 heavy (non-hydrogen) atoms. The molecular weight excluding hydrogens is 823 g/mol. The van der Waals surface area contributed by atoms with E-state index in [1.54, 1.807) is 0 Å². The Labute approximate surface area is 369 Å². The second kappa shape index (κ2) is 29.8. The minimum atomic E-state index is -1.52. The summed E-state index contributed by atoms with van der Waals surface area (Å²) in [5.41, 5.74) is 33.9. The number of rotatable bonds is 31. The van der Waals surface area contributed by atoms with Gasteiger partial charge in [-0.05, 0) is 129 Å². The first-order chi connectivity index (χ1) is 30.2. The fourth-order valence-corrected chi connectivity index (χ4v) is 7.70. The number of carbonyl (C=O) groups excluding carboxylic acids is 8. The summed E-state index contributed by atoms with van der Waals surface area (Å²) in [6.07, 6.45) is 6.16. The van der Waals surface area contributed by atoms with Gasteiger partial charge >= 0.3 is 0 Å². The van der Waals surface area contributed by atoms with Crippen molar-refractivity contribution in [1.82, 2.24) is 36.4 Å². The number of hydrogen-bond donors (Lipinski definition) is 13. The van der Waals surface area contributed by atoms with Gasteiger partial charge in [0.15, 0.2) is 0 Å². The van der Waals surface area contributed by atoms with Crippen molar-refractivity contribution >= 4 is 47.3 Å². The van der Waals surface area contributed by atoms with Gasteiger partial charge in [-0.1, -0.05) is 0 Å². The van der Waals surface area contributed by atoms with E-state index >= 15 is 0 Å². The molecule has 0 bridgehead atoms. The number of nitrogens with two attached hydrogens (primary N) is 6. The van der Waals surface area contributed by atoms with Crippen molar-refractivity contribution in [1.29, 1.82) is 0 Å². The van der Waals surface area contributed by atoms with Crippen LogP contribution in [0.25, 0.3) is 0 Å². The molecule has 2 saturated heterocycles. The number of aliphatic hydroxyl groups excluding tert-OH is 2. The highest BCUT2D eigenvalue weighted by atomic mass is 16.3. The van der Waals surface area contributed by atoms with E-state index in [1.165, 1.54) is 9.80 Å². The molecule has 0 saturated carbocycles. The molecule has 2 aliphatic rings. The average Bonchev–Trinajstić information content (AvgIpc) is 3.97. The third-order valence-electron chi connectivity index (χ3n) is 11.3. The summed E-state index contributed by atoms with van der Waals surface area (Å²) in [6, 6.07) is -9.18. The number of nitrogens with one attached hydrogen (secondary N) is 5. The van der Waals surface area contributed by atoms with Crippen molar-refractivity contribution in [2.24, 2.45) is 34.4 Å². The number of carbonyl (C=O) groups is 8. The van der Waals surface area contributed by atoms with Crippen LogP contribution >= 0.6 is 0 Å². The number of likely N-dealkylation sites (tertiary alicyclic amines) is 2. The highest BCUT2D eigenvalue weighted by Crippen LogP contribution is 2.21. The van der Waals surface area contributed by atoms with Crippen molar-refractivity contribution < 1.29 is 48.6 Å².